The molecule has 180 valence electrons. The van der Waals surface area contributed by atoms with Crippen LogP contribution in [0.15, 0.2) is 48.8 Å². The molecule has 3 aromatic rings. The average Bonchev–Trinajstić information content (AvgIpc) is 3.27. The lowest BCUT2D eigenvalue weighted by Gasteiger charge is -2.26. The second-order valence-electron chi connectivity index (χ2n) is 8.71. The number of amides is 1. The molecule has 1 aromatic carbocycles. The molecule has 0 spiro atoms. The van der Waals surface area contributed by atoms with Crippen LogP contribution in [0.1, 0.15) is 52.7 Å². The van der Waals surface area contributed by atoms with Crippen molar-refractivity contribution in [3.8, 4) is 0 Å². The fraction of sp³-hybridized carbons (Fsp3) is 0.400. The molecule has 1 N–H and O–H groups in total. The minimum absolute atomic E-state index is 0.0654. The first-order valence-electron chi connectivity index (χ1n) is 11.2. The second kappa shape index (κ2) is 9.87. The van der Waals surface area contributed by atoms with Gasteiger partial charge in [-0.1, -0.05) is 18.2 Å². The Kier molecular flexibility index (Phi) is 6.90. The highest BCUT2D eigenvalue weighted by Gasteiger charge is 2.30. The number of esters is 1. The van der Waals surface area contributed by atoms with Gasteiger partial charge in [0, 0.05) is 12.7 Å². The van der Waals surface area contributed by atoms with E-state index in [0.717, 1.165) is 43.4 Å². The van der Waals surface area contributed by atoms with Crippen LogP contribution in [-0.2, 0) is 22.1 Å². The maximum Gasteiger partial charge on any atom is 0.416 e. The third-order valence-corrected chi connectivity index (χ3v) is 6.48. The number of methoxy groups -OCH3 is 1. The second-order valence-corrected chi connectivity index (χ2v) is 8.71. The Hall–Kier alpha value is -3.36. The summed E-state index contributed by atoms with van der Waals surface area (Å²) in [5, 5.41) is 7.26. The molecule has 2 heterocycles. The van der Waals surface area contributed by atoms with Crippen molar-refractivity contribution in [3.05, 3.63) is 71.0 Å². The van der Waals surface area contributed by atoms with Gasteiger partial charge < -0.3 is 10.1 Å². The molecular formula is C25H26F3N3O3. The first-order valence-corrected chi connectivity index (χ1v) is 11.2. The Balaban J connectivity index is 1.44. The van der Waals surface area contributed by atoms with E-state index in [4.69, 9.17) is 4.74 Å². The van der Waals surface area contributed by atoms with Crippen molar-refractivity contribution in [3.63, 3.8) is 0 Å². The molecule has 1 aliphatic rings. The molecule has 4 rings (SSSR count). The van der Waals surface area contributed by atoms with E-state index in [1.165, 1.54) is 25.4 Å². The molecule has 1 amide bonds. The number of aromatic nitrogens is 2. The Morgan fingerprint density at radius 1 is 1.12 bits per heavy atom. The molecule has 0 unspecified atom stereocenters. The highest BCUT2D eigenvalue weighted by atomic mass is 19.4. The number of carbonyl (C=O) groups is 2. The summed E-state index contributed by atoms with van der Waals surface area (Å²) in [7, 11) is 1.40. The molecule has 2 aromatic heterocycles. The standard InChI is InChI=1S/C25H26F3N3O3/c1-34-24(33)18-8-4-17(5-9-18)14-29-23(32)21-15-30-31-12-2-3-19(22(21)31)13-16-6-10-20(11-7-16)25(26,27)28/h2-3,6-7,10-12,15,17-18H,4-5,8-9,13-14H2,1H3,(H,29,32)/t17-,18-. The predicted molar refractivity (Wildman–Crippen MR) is 119 cm³/mol. The molecule has 9 heteroatoms. The number of halogens is 3. The third kappa shape index (κ3) is 5.24. The molecule has 6 nitrogen and oxygen atoms in total. The monoisotopic (exact) mass is 473 g/mol. The average molecular weight is 473 g/mol. The minimum Gasteiger partial charge on any atom is -0.469 e. The van der Waals surface area contributed by atoms with Crippen molar-refractivity contribution in [2.24, 2.45) is 11.8 Å². The molecule has 0 bridgehead atoms. The fourth-order valence-electron chi connectivity index (χ4n) is 4.56. The fourth-order valence-corrected chi connectivity index (χ4v) is 4.56. The summed E-state index contributed by atoms with van der Waals surface area (Å²) in [5.41, 5.74) is 1.86. The van der Waals surface area contributed by atoms with Crippen LogP contribution >= 0.6 is 0 Å². The van der Waals surface area contributed by atoms with Gasteiger partial charge in [0.1, 0.15) is 0 Å². The maximum absolute atomic E-state index is 13.0. The van der Waals surface area contributed by atoms with Crippen molar-refractivity contribution in [2.75, 3.05) is 13.7 Å². The molecule has 0 aliphatic heterocycles. The van der Waals surface area contributed by atoms with Gasteiger partial charge in [-0.15, -0.1) is 0 Å². The van der Waals surface area contributed by atoms with E-state index in [9.17, 15) is 22.8 Å². The summed E-state index contributed by atoms with van der Waals surface area (Å²) < 4.78 is 45.0. The van der Waals surface area contributed by atoms with Crippen molar-refractivity contribution in [1.82, 2.24) is 14.9 Å². The molecule has 34 heavy (non-hydrogen) atoms. The lowest BCUT2D eigenvalue weighted by atomic mass is 9.82. The highest BCUT2D eigenvalue weighted by Crippen LogP contribution is 2.30. The minimum atomic E-state index is -4.38. The smallest absolute Gasteiger partial charge is 0.416 e. The zero-order chi connectivity index (χ0) is 24.3. The van der Waals surface area contributed by atoms with Crippen molar-refractivity contribution in [1.29, 1.82) is 0 Å². The van der Waals surface area contributed by atoms with Gasteiger partial charge in [0.25, 0.3) is 5.91 Å². The van der Waals surface area contributed by atoms with Gasteiger partial charge in [-0.25, -0.2) is 4.52 Å². The quantitative estimate of drug-likeness (QED) is 0.529. The number of rotatable bonds is 6. The van der Waals surface area contributed by atoms with Crippen molar-refractivity contribution >= 4 is 17.4 Å². The highest BCUT2D eigenvalue weighted by molar-refractivity contribution is 6.01. The molecule has 1 fully saturated rings. The number of carbonyl (C=O) groups excluding carboxylic acids is 2. The number of hydrogen-bond donors (Lipinski definition) is 1. The SMILES string of the molecule is COC(=O)[C@H]1CC[C@H](CNC(=O)c2cnn3cccc(Cc4ccc(C(F)(F)F)cc4)c23)CC1. The zero-order valence-corrected chi connectivity index (χ0v) is 18.8. The Labute approximate surface area is 195 Å². The number of nitrogens with one attached hydrogen (secondary N) is 1. The summed E-state index contributed by atoms with van der Waals surface area (Å²) in [6.07, 6.45) is 2.41. The van der Waals surface area contributed by atoms with Crippen molar-refractivity contribution < 1.29 is 27.5 Å². The Morgan fingerprint density at radius 3 is 2.47 bits per heavy atom. The third-order valence-electron chi connectivity index (χ3n) is 6.48. The number of ether oxygens (including phenoxy) is 1. The van der Waals surface area contributed by atoms with Crippen LogP contribution in [0.25, 0.3) is 5.52 Å². The van der Waals surface area contributed by atoms with Gasteiger partial charge in [0.2, 0.25) is 0 Å². The lowest BCUT2D eigenvalue weighted by Crippen LogP contribution is -2.32. The number of hydrogen-bond acceptors (Lipinski definition) is 4. The Bertz CT molecular complexity index is 1160. The van der Waals surface area contributed by atoms with Crippen molar-refractivity contribution in [2.45, 2.75) is 38.3 Å². The largest absolute Gasteiger partial charge is 0.469 e. The van der Waals surface area contributed by atoms with E-state index in [1.807, 2.05) is 6.07 Å². The van der Waals surface area contributed by atoms with Crippen LogP contribution in [0.4, 0.5) is 13.2 Å². The van der Waals surface area contributed by atoms with Crippen LogP contribution in [-0.4, -0.2) is 35.1 Å². The van der Waals surface area contributed by atoms with Gasteiger partial charge in [-0.05, 0) is 67.3 Å². The van der Waals surface area contributed by atoms with Crippen LogP contribution in [0.3, 0.4) is 0 Å². The summed E-state index contributed by atoms with van der Waals surface area (Å²) in [6.45, 7) is 0.505. The van der Waals surface area contributed by atoms with E-state index in [1.54, 1.807) is 16.8 Å². The predicted octanol–water partition coefficient (Wildman–Crippen LogP) is 4.65. The normalized spacial score (nSPS) is 18.6. The van der Waals surface area contributed by atoms with Crippen LogP contribution in [0.5, 0.6) is 0 Å². The molecule has 1 saturated carbocycles. The van der Waals surface area contributed by atoms with E-state index < -0.39 is 11.7 Å². The molecule has 0 atom stereocenters. The van der Waals surface area contributed by atoms with Gasteiger partial charge in [0.15, 0.2) is 0 Å². The van der Waals surface area contributed by atoms with E-state index in [2.05, 4.69) is 10.4 Å². The molecule has 0 radical (unpaired) electrons. The van der Waals surface area contributed by atoms with Crippen LogP contribution in [0.2, 0.25) is 0 Å². The zero-order valence-electron chi connectivity index (χ0n) is 18.8. The molecular weight excluding hydrogens is 447 g/mol. The molecule has 0 saturated heterocycles. The van der Waals surface area contributed by atoms with Gasteiger partial charge >= 0.3 is 12.1 Å². The lowest BCUT2D eigenvalue weighted by molar-refractivity contribution is -0.146. The first-order chi connectivity index (χ1) is 16.3. The van der Waals surface area contributed by atoms with Gasteiger partial charge in [0.05, 0.1) is 35.9 Å². The van der Waals surface area contributed by atoms with E-state index >= 15 is 0 Å². The summed E-state index contributed by atoms with van der Waals surface area (Å²) >= 11 is 0. The van der Waals surface area contributed by atoms with Crippen LogP contribution in [0, 0.1) is 11.8 Å². The molecule has 1 aliphatic carbocycles. The summed E-state index contributed by atoms with van der Waals surface area (Å²) in [4.78, 5) is 24.7. The topological polar surface area (TPSA) is 72.7 Å². The summed E-state index contributed by atoms with van der Waals surface area (Å²) in [6, 6.07) is 8.67. The van der Waals surface area contributed by atoms with Gasteiger partial charge in [-0.3, -0.25) is 9.59 Å². The number of fused-ring (bicyclic) bond motifs is 1. The number of pyridine rings is 1. The van der Waals surface area contributed by atoms with Crippen LogP contribution < -0.4 is 5.32 Å². The summed E-state index contributed by atoms with van der Waals surface area (Å²) in [5.74, 6) is -0.193. The van der Waals surface area contributed by atoms with E-state index in [0.29, 0.717) is 35.5 Å². The number of alkyl halides is 3. The number of nitrogens with zero attached hydrogens (tertiary/aromatic N) is 2. The van der Waals surface area contributed by atoms with Gasteiger partial charge in [-0.2, -0.15) is 18.3 Å². The Morgan fingerprint density at radius 2 is 1.82 bits per heavy atom. The maximum atomic E-state index is 13.0. The van der Waals surface area contributed by atoms with E-state index in [-0.39, 0.29) is 17.8 Å². The number of benzene rings is 1. The first kappa shape index (κ1) is 23.8.